The number of halogens is 1. The van der Waals surface area contributed by atoms with Gasteiger partial charge in [0.15, 0.2) is 5.78 Å². The number of ketones is 1. The van der Waals surface area contributed by atoms with Crippen LogP contribution in [0.1, 0.15) is 32.1 Å². The molecule has 0 aromatic carbocycles. The molecule has 0 spiro atoms. The molecule has 0 aromatic rings. The van der Waals surface area contributed by atoms with E-state index in [-0.39, 0.29) is 24.5 Å². The molecule has 8 unspecified atom stereocenters. The number of carboxylic acid groups (broad SMARTS) is 2. The molecule has 10 nitrogen and oxygen atoms in total. The summed E-state index contributed by atoms with van der Waals surface area (Å²) in [4.78, 5) is 40.7. The van der Waals surface area contributed by atoms with Crippen molar-refractivity contribution in [1.29, 1.82) is 0 Å². The lowest BCUT2D eigenvalue weighted by atomic mass is 9.69. The summed E-state index contributed by atoms with van der Waals surface area (Å²) in [7, 11) is 0. The molecule has 3 aliphatic heterocycles. The average Bonchev–Trinajstić information content (AvgIpc) is 2.84. The Morgan fingerprint density at radius 3 is 2.66 bits per heavy atom. The summed E-state index contributed by atoms with van der Waals surface area (Å²) in [6, 6.07) is -1.34. The molecule has 0 amide bonds. The van der Waals surface area contributed by atoms with E-state index in [4.69, 9.17) is 9.47 Å². The number of ether oxygens (including phenoxy) is 2. The third kappa shape index (κ3) is 4.71. The van der Waals surface area contributed by atoms with Crippen LogP contribution in [0, 0.1) is 11.8 Å². The van der Waals surface area contributed by atoms with Crippen LogP contribution in [0.15, 0.2) is 11.8 Å². The summed E-state index contributed by atoms with van der Waals surface area (Å²) in [6.07, 6.45) is 0.931. The van der Waals surface area contributed by atoms with Crippen LogP contribution in [0.2, 0.25) is 0 Å². The monoisotopic (exact) mass is 495 g/mol. The van der Waals surface area contributed by atoms with Gasteiger partial charge >= 0.3 is 11.9 Å². The molecule has 2 saturated heterocycles. The van der Waals surface area contributed by atoms with Crippen molar-refractivity contribution in [3.05, 3.63) is 11.8 Å². The highest BCUT2D eigenvalue weighted by atomic mass is 19.1. The standard InChI is InChI=1S/C24H34FN3O7/c25-16-11-14-20-22(19(16)26-4-1-5-27-6-8-34-9-7-27)35-18-10-13(23(30)31)2-3-17(18)28(20)12-15(21(14)29)24(32)33/h12-14,16-20,22,26H,1-11H2,(H,30,31)(H,32,33). The number of carbonyl (C=O) groups is 3. The van der Waals surface area contributed by atoms with Gasteiger partial charge in [0.25, 0.3) is 0 Å². The van der Waals surface area contributed by atoms with Gasteiger partial charge in [0, 0.05) is 25.2 Å². The Morgan fingerprint density at radius 1 is 1.17 bits per heavy atom. The smallest absolute Gasteiger partial charge is 0.340 e. The maximum absolute atomic E-state index is 15.5. The predicted molar refractivity (Wildman–Crippen MR) is 120 cm³/mol. The number of carboxylic acids is 2. The molecule has 8 atom stereocenters. The van der Waals surface area contributed by atoms with Crippen LogP contribution in [-0.4, -0.2) is 114 Å². The number of Topliss-reactive ketones (excluding diaryl/α,β-unsaturated/α-hetero) is 1. The molecule has 0 bridgehead atoms. The highest BCUT2D eigenvalue weighted by Gasteiger charge is 2.59. The minimum atomic E-state index is -1.38. The zero-order valence-corrected chi connectivity index (χ0v) is 19.7. The van der Waals surface area contributed by atoms with Crippen LogP contribution in [0.5, 0.6) is 0 Å². The van der Waals surface area contributed by atoms with Crippen molar-refractivity contribution in [3.8, 4) is 0 Å². The van der Waals surface area contributed by atoms with E-state index in [0.717, 1.165) is 39.3 Å². The summed E-state index contributed by atoms with van der Waals surface area (Å²) in [5.41, 5.74) is -0.324. The molecule has 5 aliphatic rings. The van der Waals surface area contributed by atoms with Crippen molar-refractivity contribution in [3.63, 3.8) is 0 Å². The minimum absolute atomic E-state index is 0.0548. The summed E-state index contributed by atoms with van der Waals surface area (Å²) in [5.74, 6) is -4.09. The second-order valence-corrected chi connectivity index (χ2v) is 10.4. The van der Waals surface area contributed by atoms with Gasteiger partial charge < -0.3 is 29.9 Å². The Kier molecular flexibility index (Phi) is 7.11. The van der Waals surface area contributed by atoms with Crippen molar-refractivity contribution in [2.75, 3.05) is 39.4 Å². The van der Waals surface area contributed by atoms with Gasteiger partial charge in [-0.15, -0.1) is 0 Å². The predicted octanol–water partition coefficient (Wildman–Crippen LogP) is 0.267. The second-order valence-electron chi connectivity index (χ2n) is 10.4. The SMILES string of the molecule is O=C(O)C1=CN2C3CCC(C(=O)O)CC3OC3C(NCCCN4CCOCC4)C(F)CC(C1=O)C32. The normalized spacial score (nSPS) is 39.4. The Morgan fingerprint density at radius 2 is 1.94 bits per heavy atom. The van der Waals surface area contributed by atoms with Crippen molar-refractivity contribution < 1.29 is 38.5 Å². The number of aliphatic carboxylic acids is 2. The van der Waals surface area contributed by atoms with E-state index in [1.54, 1.807) is 0 Å². The zero-order valence-electron chi connectivity index (χ0n) is 19.7. The fraction of sp³-hybridized carbons (Fsp3) is 0.792. The number of hydrogen-bond donors (Lipinski definition) is 3. The first-order chi connectivity index (χ1) is 16.8. The quantitative estimate of drug-likeness (QED) is 0.334. The molecule has 3 heterocycles. The maximum Gasteiger partial charge on any atom is 0.340 e. The fourth-order valence-corrected chi connectivity index (χ4v) is 6.62. The van der Waals surface area contributed by atoms with Crippen molar-refractivity contribution in [2.24, 2.45) is 11.8 Å². The van der Waals surface area contributed by atoms with E-state index in [2.05, 4.69) is 10.2 Å². The molecule has 0 radical (unpaired) electrons. The second kappa shape index (κ2) is 10.1. The van der Waals surface area contributed by atoms with Crippen LogP contribution in [0.4, 0.5) is 4.39 Å². The largest absolute Gasteiger partial charge is 0.481 e. The van der Waals surface area contributed by atoms with Gasteiger partial charge in [-0.1, -0.05) is 0 Å². The number of rotatable bonds is 7. The molecule has 2 saturated carbocycles. The molecule has 194 valence electrons. The summed E-state index contributed by atoms with van der Waals surface area (Å²) in [5, 5.41) is 22.5. The summed E-state index contributed by atoms with van der Waals surface area (Å²) < 4.78 is 27.3. The number of hydrogen-bond acceptors (Lipinski definition) is 8. The number of carbonyl (C=O) groups excluding carboxylic acids is 1. The first kappa shape index (κ1) is 24.6. The topological polar surface area (TPSA) is 129 Å². The van der Waals surface area contributed by atoms with Gasteiger partial charge in [0.1, 0.15) is 11.7 Å². The Bertz CT molecular complexity index is 879. The first-order valence-electron chi connectivity index (χ1n) is 12.7. The third-order valence-electron chi connectivity index (χ3n) is 8.38. The Hall–Kier alpha value is -2.08. The molecule has 35 heavy (non-hydrogen) atoms. The van der Waals surface area contributed by atoms with Gasteiger partial charge in [0.2, 0.25) is 0 Å². The van der Waals surface area contributed by atoms with Crippen LogP contribution in [-0.2, 0) is 23.9 Å². The average molecular weight is 496 g/mol. The number of fused-ring (bicyclic) bond motifs is 2. The number of alkyl halides is 1. The fourth-order valence-electron chi connectivity index (χ4n) is 6.62. The van der Waals surface area contributed by atoms with Gasteiger partial charge in [-0.05, 0) is 45.2 Å². The van der Waals surface area contributed by atoms with E-state index in [1.165, 1.54) is 6.20 Å². The first-order valence-corrected chi connectivity index (χ1v) is 12.7. The van der Waals surface area contributed by atoms with Crippen LogP contribution in [0.25, 0.3) is 0 Å². The highest BCUT2D eigenvalue weighted by Crippen LogP contribution is 2.46. The zero-order chi connectivity index (χ0) is 24.7. The molecular weight excluding hydrogens is 461 g/mol. The summed E-state index contributed by atoms with van der Waals surface area (Å²) in [6.45, 7) is 4.66. The van der Waals surface area contributed by atoms with Gasteiger partial charge in [-0.25, -0.2) is 9.18 Å². The molecule has 0 aromatic heterocycles. The van der Waals surface area contributed by atoms with E-state index >= 15 is 4.39 Å². The number of nitrogens with zero attached hydrogens (tertiary/aromatic N) is 2. The summed E-state index contributed by atoms with van der Waals surface area (Å²) >= 11 is 0. The Labute approximate surface area is 203 Å². The minimum Gasteiger partial charge on any atom is -0.481 e. The lowest BCUT2D eigenvalue weighted by Crippen LogP contribution is -2.73. The molecule has 3 N–H and O–H groups in total. The van der Waals surface area contributed by atoms with Crippen LogP contribution >= 0.6 is 0 Å². The molecule has 5 rings (SSSR count). The number of nitrogens with one attached hydrogen (secondary N) is 1. The van der Waals surface area contributed by atoms with Gasteiger partial charge in [-0.2, -0.15) is 0 Å². The Balaban J connectivity index is 1.35. The van der Waals surface area contributed by atoms with E-state index in [1.807, 2.05) is 4.90 Å². The lowest BCUT2D eigenvalue weighted by molar-refractivity contribution is -0.203. The van der Waals surface area contributed by atoms with E-state index < -0.39 is 60.0 Å². The molecular formula is C24H34FN3O7. The highest BCUT2D eigenvalue weighted by molar-refractivity contribution is 6.18. The third-order valence-corrected chi connectivity index (χ3v) is 8.38. The van der Waals surface area contributed by atoms with Crippen LogP contribution in [0.3, 0.4) is 0 Å². The van der Waals surface area contributed by atoms with Crippen molar-refractivity contribution >= 4 is 17.7 Å². The van der Waals surface area contributed by atoms with Crippen LogP contribution < -0.4 is 5.32 Å². The molecule has 4 fully saturated rings. The van der Waals surface area contributed by atoms with Crippen molar-refractivity contribution in [1.82, 2.24) is 15.1 Å². The number of morpholine rings is 2. The van der Waals surface area contributed by atoms with Crippen molar-refractivity contribution in [2.45, 2.75) is 68.6 Å². The molecule has 2 aliphatic carbocycles. The van der Waals surface area contributed by atoms with Gasteiger partial charge in [0.05, 0.1) is 49.5 Å². The van der Waals surface area contributed by atoms with E-state index in [9.17, 15) is 24.6 Å². The van der Waals surface area contributed by atoms with E-state index in [0.29, 0.717) is 19.4 Å². The molecule has 11 heteroatoms. The maximum atomic E-state index is 15.5. The lowest BCUT2D eigenvalue weighted by Gasteiger charge is -2.59. The van der Waals surface area contributed by atoms with Gasteiger partial charge in [-0.3, -0.25) is 14.5 Å².